The van der Waals surface area contributed by atoms with Crippen LogP contribution in [0.5, 0.6) is 0 Å². The van der Waals surface area contributed by atoms with Gasteiger partial charge < -0.3 is 5.11 Å². The maximum absolute atomic E-state index is 11.6. The summed E-state index contributed by atoms with van der Waals surface area (Å²) in [5.41, 5.74) is -0.336. The van der Waals surface area contributed by atoms with Crippen LogP contribution in [0.15, 0.2) is 22.7 Å². The molecule has 0 aliphatic carbocycles. The third kappa shape index (κ3) is 2.94. The van der Waals surface area contributed by atoms with Gasteiger partial charge in [-0.1, -0.05) is 22.9 Å². The molecule has 1 aliphatic heterocycles. The van der Waals surface area contributed by atoms with Gasteiger partial charge in [-0.05, 0) is 37.9 Å². The van der Waals surface area contributed by atoms with Gasteiger partial charge in [-0.25, -0.2) is 0 Å². The fourth-order valence-electron chi connectivity index (χ4n) is 3.00. The molecule has 2 rings (SSSR count). The molecule has 1 atom stereocenters. The van der Waals surface area contributed by atoms with E-state index < -0.39 is 16.4 Å². The van der Waals surface area contributed by atoms with E-state index in [1.807, 2.05) is 11.8 Å². The number of nitrogens with zero attached hydrogens (tertiary/aromatic N) is 2. The predicted molar refractivity (Wildman–Crippen MR) is 81.1 cm³/mol. The number of hydrogen-bond acceptors (Lipinski definition) is 4. The number of carbonyl (C=O) groups is 1. The summed E-state index contributed by atoms with van der Waals surface area (Å²) in [5.74, 6) is -0.845. The highest BCUT2D eigenvalue weighted by atomic mass is 79.9. The van der Waals surface area contributed by atoms with Crippen molar-refractivity contribution in [2.75, 3.05) is 6.54 Å². The van der Waals surface area contributed by atoms with Gasteiger partial charge in [-0.15, -0.1) is 0 Å². The van der Waals surface area contributed by atoms with Crippen LogP contribution in [0.3, 0.4) is 0 Å². The van der Waals surface area contributed by atoms with Gasteiger partial charge >= 0.3 is 5.97 Å². The van der Waals surface area contributed by atoms with E-state index in [0.717, 1.165) is 6.42 Å². The summed E-state index contributed by atoms with van der Waals surface area (Å²) in [4.78, 5) is 24.2. The highest BCUT2D eigenvalue weighted by Crippen LogP contribution is 2.35. The van der Waals surface area contributed by atoms with Crippen LogP contribution in [0.1, 0.15) is 31.7 Å². The molecule has 1 aromatic rings. The highest BCUT2D eigenvalue weighted by Gasteiger charge is 2.46. The lowest BCUT2D eigenvalue weighted by atomic mass is 9.92. The quantitative estimate of drug-likeness (QED) is 0.646. The Morgan fingerprint density at radius 3 is 2.86 bits per heavy atom. The molecule has 1 fully saturated rings. The molecule has 0 amide bonds. The van der Waals surface area contributed by atoms with Gasteiger partial charge in [0.05, 0.1) is 4.92 Å². The standard InChI is InChI=1S/C14H17BrN2O4/c1-2-14(13(18)19)6-3-7-16(14)9-10-4-5-11(15)8-12(10)17(20)21/h4-5,8H,2-3,6-7,9H2,1H3,(H,18,19). The lowest BCUT2D eigenvalue weighted by Crippen LogP contribution is -2.49. The van der Waals surface area contributed by atoms with E-state index in [1.54, 1.807) is 12.1 Å². The van der Waals surface area contributed by atoms with E-state index >= 15 is 0 Å². The van der Waals surface area contributed by atoms with Crippen molar-refractivity contribution < 1.29 is 14.8 Å². The lowest BCUT2D eigenvalue weighted by molar-refractivity contribution is -0.385. The van der Waals surface area contributed by atoms with Gasteiger partial charge in [0.25, 0.3) is 5.69 Å². The van der Waals surface area contributed by atoms with Crippen LogP contribution in [0.25, 0.3) is 0 Å². The number of carboxylic acid groups (broad SMARTS) is 1. The van der Waals surface area contributed by atoms with Crippen LogP contribution >= 0.6 is 15.9 Å². The first-order valence-electron chi connectivity index (χ1n) is 6.82. The average molecular weight is 357 g/mol. The maximum atomic E-state index is 11.6. The van der Waals surface area contributed by atoms with E-state index in [2.05, 4.69) is 15.9 Å². The second-order valence-electron chi connectivity index (χ2n) is 5.25. The number of nitro groups is 1. The average Bonchev–Trinajstić information content (AvgIpc) is 2.84. The van der Waals surface area contributed by atoms with Crippen molar-refractivity contribution in [2.45, 2.75) is 38.3 Å². The largest absolute Gasteiger partial charge is 0.480 e. The number of halogens is 1. The monoisotopic (exact) mass is 356 g/mol. The van der Waals surface area contributed by atoms with Crippen LogP contribution in [-0.2, 0) is 11.3 Å². The lowest BCUT2D eigenvalue weighted by Gasteiger charge is -2.33. The third-order valence-corrected chi connectivity index (χ3v) is 4.71. The van der Waals surface area contributed by atoms with Gasteiger partial charge in [0.1, 0.15) is 5.54 Å². The Morgan fingerprint density at radius 1 is 1.57 bits per heavy atom. The smallest absolute Gasteiger partial charge is 0.324 e. The van der Waals surface area contributed by atoms with Crippen LogP contribution in [0.4, 0.5) is 5.69 Å². The summed E-state index contributed by atoms with van der Waals surface area (Å²) < 4.78 is 0.638. The molecule has 0 radical (unpaired) electrons. The molecule has 6 nitrogen and oxygen atoms in total. The molecule has 21 heavy (non-hydrogen) atoms. The van der Waals surface area contributed by atoms with Gasteiger partial charge in [-0.2, -0.15) is 0 Å². The molecule has 0 saturated carbocycles. The second-order valence-corrected chi connectivity index (χ2v) is 6.16. The second kappa shape index (κ2) is 6.11. The zero-order chi connectivity index (χ0) is 15.6. The molecule has 0 aromatic heterocycles. The van der Waals surface area contributed by atoms with Crippen molar-refractivity contribution in [3.05, 3.63) is 38.3 Å². The minimum absolute atomic E-state index is 0.0201. The zero-order valence-corrected chi connectivity index (χ0v) is 13.3. The molecule has 1 unspecified atom stereocenters. The van der Waals surface area contributed by atoms with E-state index in [9.17, 15) is 20.0 Å². The topological polar surface area (TPSA) is 83.7 Å². The normalized spacial score (nSPS) is 22.4. The van der Waals surface area contributed by atoms with Gasteiger partial charge in [0.2, 0.25) is 0 Å². The Labute approximate surface area is 131 Å². The molecule has 1 saturated heterocycles. The highest BCUT2D eigenvalue weighted by molar-refractivity contribution is 9.10. The summed E-state index contributed by atoms with van der Waals surface area (Å²) >= 11 is 3.22. The first kappa shape index (κ1) is 15.9. The van der Waals surface area contributed by atoms with E-state index in [-0.39, 0.29) is 12.2 Å². The van der Waals surface area contributed by atoms with Crippen molar-refractivity contribution in [2.24, 2.45) is 0 Å². The molecule has 1 heterocycles. The maximum Gasteiger partial charge on any atom is 0.324 e. The van der Waals surface area contributed by atoms with Crippen LogP contribution < -0.4 is 0 Å². The minimum atomic E-state index is -0.902. The first-order chi connectivity index (χ1) is 9.90. The first-order valence-corrected chi connectivity index (χ1v) is 7.61. The van der Waals surface area contributed by atoms with Crippen molar-refractivity contribution in [3.63, 3.8) is 0 Å². The molecule has 0 spiro atoms. The zero-order valence-electron chi connectivity index (χ0n) is 11.7. The molecule has 0 bridgehead atoms. The number of hydrogen-bond donors (Lipinski definition) is 1. The third-order valence-electron chi connectivity index (χ3n) is 4.21. The summed E-state index contributed by atoms with van der Waals surface area (Å²) in [6.45, 7) is 2.78. The van der Waals surface area contributed by atoms with Crippen molar-refractivity contribution in [1.29, 1.82) is 0 Å². The van der Waals surface area contributed by atoms with Crippen molar-refractivity contribution in [3.8, 4) is 0 Å². The van der Waals surface area contributed by atoms with E-state index in [4.69, 9.17) is 0 Å². The van der Waals surface area contributed by atoms with Gasteiger partial charge in [-0.3, -0.25) is 19.8 Å². The van der Waals surface area contributed by atoms with Crippen LogP contribution in [0.2, 0.25) is 0 Å². The van der Waals surface area contributed by atoms with Crippen LogP contribution in [0, 0.1) is 10.1 Å². The Hall–Kier alpha value is -1.47. The van der Waals surface area contributed by atoms with Gasteiger partial charge in [0.15, 0.2) is 0 Å². The van der Waals surface area contributed by atoms with E-state index in [1.165, 1.54) is 6.07 Å². The Bertz CT molecular complexity index is 578. The fraction of sp³-hybridized carbons (Fsp3) is 0.500. The summed E-state index contributed by atoms with van der Waals surface area (Å²) in [6, 6.07) is 4.88. The predicted octanol–water partition coefficient (Wildman–Crippen LogP) is 3.19. The number of carboxylic acids is 1. The Kier molecular flexibility index (Phi) is 4.63. The molecule has 1 aliphatic rings. The number of nitro benzene ring substituents is 1. The molecule has 114 valence electrons. The molecule has 1 N–H and O–H groups in total. The molecule has 1 aromatic carbocycles. The summed E-state index contributed by atoms with van der Waals surface area (Å²) in [7, 11) is 0. The number of rotatable bonds is 5. The molecule has 7 heteroatoms. The number of likely N-dealkylation sites (tertiary alicyclic amines) is 1. The number of aliphatic carboxylic acids is 1. The van der Waals surface area contributed by atoms with E-state index in [0.29, 0.717) is 29.4 Å². The number of benzene rings is 1. The fourth-order valence-corrected chi connectivity index (χ4v) is 3.35. The Balaban J connectivity index is 2.33. The Morgan fingerprint density at radius 2 is 2.29 bits per heavy atom. The molecular formula is C14H17BrN2O4. The molecular weight excluding hydrogens is 340 g/mol. The summed E-state index contributed by atoms with van der Waals surface area (Å²) in [6.07, 6.45) is 1.88. The van der Waals surface area contributed by atoms with Crippen molar-refractivity contribution in [1.82, 2.24) is 4.90 Å². The SMILES string of the molecule is CCC1(C(=O)O)CCCN1Cc1ccc(Br)cc1[N+](=O)[O-]. The van der Waals surface area contributed by atoms with Gasteiger partial charge in [0, 0.05) is 22.6 Å². The van der Waals surface area contributed by atoms with Crippen LogP contribution in [-0.4, -0.2) is 33.0 Å². The van der Waals surface area contributed by atoms with Crippen molar-refractivity contribution >= 4 is 27.6 Å². The summed E-state index contributed by atoms with van der Waals surface area (Å²) in [5, 5.41) is 20.7. The minimum Gasteiger partial charge on any atom is -0.480 e.